The molecule has 28 heavy (non-hydrogen) atoms. The molecule has 3 heterocycles. The van der Waals surface area contributed by atoms with Gasteiger partial charge in [-0.3, -0.25) is 10.00 Å². The molecule has 0 spiro atoms. The predicted molar refractivity (Wildman–Crippen MR) is 110 cm³/mol. The van der Waals surface area contributed by atoms with Crippen LogP contribution in [0.3, 0.4) is 0 Å². The molecule has 142 valence electrons. The van der Waals surface area contributed by atoms with Crippen molar-refractivity contribution in [1.82, 2.24) is 20.1 Å². The van der Waals surface area contributed by atoms with Crippen LogP contribution in [0.2, 0.25) is 0 Å². The van der Waals surface area contributed by atoms with E-state index in [1.54, 1.807) is 12.1 Å². The van der Waals surface area contributed by atoms with Gasteiger partial charge in [0.15, 0.2) is 0 Å². The number of para-hydroxylation sites is 1. The Balaban J connectivity index is 1.35. The molecule has 0 aliphatic carbocycles. The van der Waals surface area contributed by atoms with Gasteiger partial charge in [-0.2, -0.15) is 5.10 Å². The Labute approximate surface area is 163 Å². The van der Waals surface area contributed by atoms with Crippen molar-refractivity contribution in [1.29, 1.82) is 0 Å². The molecular formula is C23H23FN4. The summed E-state index contributed by atoms with van der Waals surface area (Å²) in [7, 11) is 0. The molecule has 2 aromatic heterocycles. The number of benzene rings is 2. The third kappa shape index (κ3) is 3.34. The highest BCUT2D eigenvalue weighted by Crippen LogP contribution is 2.33. The van der Waals surface area contributed by atoms with Crippen LogP contribution in [0, 0.1) is 5.82 Å². The van der Waals surface area contributed by atoms with Crippen LogP contribution in [0.15, 0.2) is 60.8 Å². The number of aromatic nitrogens is 3. The summed E-state index contributed by atoms with van der Waals surface area (Å²) in [5.74, 6) is 0.160. The van der Waals surface area contributed by atoms with Crippen molar-refractivity contribution in [3.05, 3.63) is 78.0 Å². The van der Waals surface area contributed by atoms with Gasteiger partial charge in [0.2, 0.25) is 0 Å². The van der Waals surface area contributed by atoms with Gasteiger partial charge in [0, 0.05) is 41.5 Å². The Bertz CT molecular complexity index is 1060. The number of halogens is 1. The summed E-state index contributed by atoms with van der Waals surface area (Å²) in [5, 5.41) is 8.72. The molecule has 5 heteroatoms. The third-order valence-corrected chi connectivity index (χ3v) is 5.70. The van der Waals surface area contributed by atoms with Gasteiger partial charge in [0.05, 0.1) is 6.20 Å². The van der Waals surface area contributed by atoms with E-state index in [4.69, 9.17) is 0 Å². The Kier molecular flexibility index (Phi) is 4.45. The first kappa shape index (κ1) is 17.2. The minimum absolute atomic E-state index is 0.214. The number of hydrogen-bond donors (Lipinski definition) is 2. The van der Waals surface area contributed by atoms with E-state index in [0.29, 0.717) is 5.92 Å². The third-order valence-electron chi connectivity index (χ3n) is 5.70. The molecule has 4 aromatic rings. The predicted octanol–water partition coefficient (Wildman–Crippen LogP) is 5.08. The second kappa shape index (κ2) is 7.24. The number of hydrogen-bond acceptors (Lipinski definition) is 2. The van der Waals surface area contributed by atoms with Crippen LogP contribution in [0.1, 0.15) is 30.1 Å². The lowest BCUT2D eigenvalue weighted by Gasteiger charge is -2.32. The molecule has 1 aliphatic rings. The lowest BCUT2D eigenvalue weighted by Crippen LogP contribution is -2.34. The molecule has 0 saturated carbocycles. The van der Waals surface area contributed by atoms with Gasteiger partial charge in [-0.15, -0.1) is 0 Å². The maximum absolute atomic E-state index is 13.7. The Morgan fingerprint density at radius 2 is 2.04 bits per heavy atom. The van der Waals surface area contributed by atoms with Crippen LogP contribution in [0.4, 0.5) is 4.39 Å². The SMILES string of the molecule is Fc1cccc(-c2cn[nH]c2[C@H]2CCCN(Cc3cc4ccccc4[nH]3)C2)c1. The van der Waals surface area contributed by atoms with Crippen LogP contribution < -0.4 is 0 Å². The van der Waals surface area contributed by atoms with Gasteiger partial charge in [-0.05, 0) is 54.6 Å². The molecular weight excluding hydrogens is 351 g/mol. The molecule has 1 saturated heterocycles. The van der Waals surface area contributed by atoms with Gasteiger partial charge < -0.3 is 4.98 Å². The minimum Gasteiger partial charge on any atom is -0.357 e. The number of piperidine rings is 1. The zero-order valence-corrected chi connectivity index (χ0v) is 15.7. The summed E-state index contributed by atoms with van der Waals surface area (Å²) in [6.45, 7) is 2.98. The Morgan fingerprint density at radius 1 is 1.11 bits per heavy atom. The normalized spacial score (nSPS) is 18.0. The van der Waals surface area contributed by atoms with Gasteiger partial charge in [0.1, 0.15) is 5.82 Å². The average Bonchev–Trinajstić information content (AvgIpc) is 3.35. The highest BCUT2D eigenvalue weighted by atomic mass is 19.1. The lowest BCUT2D eigenvalue weighted by molar-refractivity contribution is 0.197. The van der Waals surface area contributed by atoms with Crippen molar-refractivity contribution < 1.29 is 4.39 Å². The maximum Gasteiger partial charge on any atom is 0.123 e. The van der Waals surface area contributed by atoms with Crippen LogP contribution in [-0.4, -0.2) is 33.2 Å². The molecule has 0 unspecified atom stereocenters. The summed E-state index contributed by atoms with van der Waals surface area (Å²) >= 11 is 0. The first-order valence-corrected chi connectivity index (χ1v) is 9.84. The van der Waals surface area contributed by atoms with E-state index in [2.05, 4.69) is 50.4 Å². The molecule has 5 rings (SSSR count). The van der Waals surface area contributed by atoms with E-state index in [9.17, 15) is 4.39 Å². The molecule has 0 amide bonds. The zero-order valence-electron chi connectivity index (χ0n) is 15.7. The first-order valence-electron chi connectivity index (χ1n) is 9.84. The first-order chi connectivity index (χ1) is 13.8. The zero-order chi connectivity index (χ0) is 18.9. The average molecular weight is 374 g/mol. The van der Waals surface area contributed by atoms with Crippen LogP contribution >= 0.6 is 0 Å². The smallest absolute Gasteiger partial charge is 0.123 e. The van der Waals surface area contributed by atoms with Crippen LogP contribution in [0.25, 0.3) is 22.0 Å². The van der Waals surface area contributed by atoms with E-state index < -0.39 is 0 Å². The van der Waals surface area contributed by atoms with Gasteiger partial charge >= 0.3 is 0 Å². The molecule has 0 radical (unpaired) electrons. The van der Waals surface area contributed by atoms with Crippen molar-refractivity contribution in [2.75, 3.05) is 13.1 Å². The number of nitrogens with zero attached hydrogens (tertiary/aromatic N) is 2. The van der Waals surface area contributed by atoms with E-state index in [-0.39, 0.29) is 5.82 Å². The Hall–Kier alpha value is -2.92. The fourth-order valence-corrected chi connectivity index (χ4v) is 4.39. The van der Waals surface area contributed by atoms with Crippen molar-refractivity contribution >= 4 is 10.9 Å². The topological polar surface area (TPSA) is 47.7 Å². The molecule has 2 N–H and O–H groups in total. The fourth-order valence-electron chi connectivity index (χ4n) is 4.39. The van der Waals surface area contributed by atoms with E-state index in [1.165, 1.54) is 22.7 Å². The molecule has 1 aliphatic heterocycles. The molecule has 0 bridgehead atoms. The van der Waals surface area contributed by atoms with Crippen LogP contribution in [0.5, 0.6) is 0 Å². The summed E-state index contributed by atoms with van der Waals surface area (Å²) in [5.41, 5.74) is 5.45. The lowest BCUT2D eigenvalue weighted by atomic mass is 9.90. The second-order valence-electron chi connectivity index (χ2n) is 7.66. The minimum atomic E-state index is -0.214. The standard InChI is InChI=1S/C23H23FN4/c24-19-8-3-6-16(11-19)21-13-25-27-23(21)18-7-4-10-28(14-18)15-20-12-17-5-1-2-9-22(17)26-20/h1-3,5-6,8-9,11-13,18,26H,4,7,10,14-15H2,(H,25,27)/t18-/m0/s1. The summed E-state index contributed by atoms with van der Waals surface area (Å²) in [6, 6.07) is 17.4. The maximum atomic E-state index is 13.7. The van der Waals surface area contributed by atoms with Crippen molar-refractivity contribution in [2.24, 2.45) is 0 Å². The number of H-pyrrole nitrogens is 2. The molecule has 1 fully saturated rings. The second-order valence-corrected chi connectivity index (χ2v) is 7.66. The Morgan fingerprint density at radius 3 is 2.93 bits per heavy atom. The molecule has 4 nitrogen and oxygen atoms in total. The number of nitrogens with one attached hydrogen (secondary N) is 2. The number of likely N-dealkylation sites (tertiary alicyclic amines) is 1. The van der Waals surface area contributed by atoms with E-state index >= 15 is 0 Å². The van der Waals surface area contributed by atoms with Crippen molar-refractivity contribution in [2.45, 2.75) is 25.3 Å². The molecule has 2 aromatic carbocycles. The van der Waals surface area contributed by atoms with Gasteiger partial charge in [-0.1, -0.05) is 30.3 Å². The fraction of sp³-hybridized carbons (Fsp3) is 0.261. The van der Waals surface area contributed by atoms with Gasteiger partial charge in [0.25, 0.3) is 0 Å². The van der Waals surface area contributed by atoms with Gasteiger partial charge in [-0.25, -0.2) is 4.39 Å². The quantitative estimate of drug-likeness (QED) is 0.523. The number of fused-ring (bicyclic) bond motifs is 1. The number of aromatic amines is 2. The monoisotopic (exact) mass is 374 g/mol. The summed E-state index contributed by atoms with van der Waals surface area (Å²) < 4.78 is 13.7. The van der Waals surface area contributed by atoms with Crippen molar-refractivity contribution in [3.63, 3.8) is 0 Å². The summed E-state index contributed by atoms with van der Waals surface area (Å²) in [4.78, 5) is 6.03. The largest absolute Gasteiger partial charge is 0.357 e. The summed E-state index contributed by atoms with van der Waals surface area (Å²) in [6.07, 6.45) is 4.08. The van der Waals surface area contributed by atoms with E-state index in [1.807, 2.05) is 12.3 Å². The van der Waals surface area contributed by atoms with Crippen LogP contribution in [-0.2, 0) is 6.54 Å². The highest BCUT2D eigenvalue weighted by Gasteiger charge is 2.25. The number of rotatable bonds is 4. The van der Waals surface area contributed by atoms with Crippen molar-refractivity contribution in [3.8, 4) is 11.1 Å². The highest BCUT2D eigenvalue weighted by molar-refractivity contribution is 5.80. The molecule has 1 atom stereocenters. The van der Waals surface area contributed by atoms with E-state index in [0.717, 1.165) is 49.3 Å².